The molecular formula is C49H33N3. The molecule has 0 bridgehead atoms. The summed E-state index contributed by atoms with van der Waals surface area (Å²) < 4.78 is 2.31. The minimum Gasteiger partial charge on any atom is -0.311 e. The zero-order valence-electron chi connectivity index (χ0n) is 28.4. The van der Waals surface area contributed by atoms with Crippen LogP contribution < -0.4 is 4.90 Å². The van der Waals surface area contributed by atoms with Gasteiger partial charge in [-0.2, -0.15) is 0 Å². The Morgan fingerprint density at radius 1 is 0.327 bits per heavy atom. The second-order valence-electron chi connectivity index (χ2n) is 13.2. The molecule has 52 heavy (non-hydrogen) atoms. The highest BCUT2D eigenvalue weighted by molar-refractivity contribution is 6.14. The predicted molar refractivity (Wildman–Crippen MR) is 219 cm³/mol. The maximum absolute atomic E-state index is 5.14. The van der Waals surface area contributed by atoms with E-state index in [1.807, 2.05) is 0 Å². The molecule has 0 unspecified atom stereocenters. The van der Waals surface area contributed by atoms with Gasteiger partial charge in [-0.05, 0) is 99.4 Å². The van der Waals surface area contributed by atoms with Crippen LogP contribution in [-0.4, -0.2) is 9.38 Å². The van der Waals surface area contributed by atoms with Crippen LogP contribution in [0, 0.1) is 0 Å². The van der Waals surface area contributed by atoms with Gasteiger partial charge in [0.15, 0.2) is 0 Å². The summed E-state index contributed by atoms with van der Waals surface area (Å²) in [5, 5.41) is 3.58. The minimum atomic E-state index is 0.984. The molecule has 10 aromatic rings. The summed E-state index contributed by atoms with van der Waals surface area (Å²) in [5.41, 5.74) is 14.7. The van der Waals surface area contributed by atoms with Gasteiger partial charge in [-0.3, -0.25) is 4.40 Å². The third-order valence-electron chi connectivity index (χ3n) is 10.2. The van der Waals surface area contributed by atoms with Crippen molar-refractivity contribution >= 4 is 55.4 Å². The first-order chi connectivity index (χ1) is 25.8. The maximum atomic E-state index is 5.14. The Bertz CT molecular complexity index is 2770. The zero-order chi connectivity index (χ0) is 34.4. The van der Waals surface area contributed by atoms with Crippen molar-refractivity contribution in [2.75, 3.05) is 4.90 Å². The quantitative estimate of drug-likeness (QED) is 0.165. The van der Waals surface area contributed by atoms with Crippen molar-refractivity contribution in [1.29, 1.82) is 0 Å². The standard InChI is InChI=1S/C49H33N3/c1-3-11-34(12-4-1)36-19-26-40(27-20-36)51(41-28-21-37(22-29-41)35-13-5-2-6-14-35)42-30-23-38(24-31-42)39-25-32-43-44-15-7-9-17-47(44)52-48-18-10-8-16-46(48)50-49(52)45(43)33-39/h1-33H. The Morgan fingerprint density at radius 2 is 0.769 bits per heavy atom. The molecule has 0 spiro atoms. The van der Waals surface area contributed by atoms with Gasteiger partial charge in [0.2, 0.25) is 0 Å². The Hall–Kier alpha value is -6.97. The summed E-state index contributed by atoms with van der Waals surface area (Å²) in [6, 6.07) is 71.6. The molecule has 0 aliphatic heterocycles. The van der Waals surface area contributed by atoms with E-state index in [9.17, 15) is 0 Å². The van der Waals surface area contributed by atoms with E-state index in [-0.39, 0.29) is 0 Å². The maximum Gasteiger partial charge on any atom is 0.146 e. The fraction of sp³-hybridized carbons (Fsp3) is 0. The smallest absolute Gasteiger partial charge is 0.146 e. The molecule has 3 heteroatoms. The monoisotopic (exact) mass is 663 g/mol. The van der Waals surface area contributed by atoms with Gasteiger partial charge in [0.05, 0.1) is 16.6 Å². The molecule has 0 N–H and O–H groups in total. The molecule has 244 valence electrons. The van der Waals surface area contributed by atoms with Crippen LogP contribution in [0.5, 0.6) is 0 Å². The largest absolute Gasteiger partial charge is 0.311 e. The second kappa shape index (κ2) is 12.4. The average molecular weight is 664 g/mol. The second-order valence-corrected chi connectivity index (χ2v) is 13.2. The van der Waals surface area contributed by atoms with Gasteiger partial charge in [0, 0.05) is 27.8 Å². The van der Waals surface area contributed by atoms with Crippen LogP contribution in [-0.2, 0) is 0 Å². The summed E-state index contributed by atoms with van der Waals surface area (Å²) in [4.78, 5) is 7.47. The minimum absolute atomic E-state index is 0.984. The van der Waals surface area contributed by atoms with Crippen molar-refractivity contribution in [3.8, 4) is 33.4 Å². The number of benzene rings is 8. The van der Waals surface area contributed by atoms with Crippen LogP contribution in [0.25, 0.3) is 71.7 Å². The molecule has 0 atom stereocenters. The zero-order valence-corrected chi connectivity index (χ0v) is 28.4. The number of anilines is 3. The molecule has 0 amide bonds. The van der Waals surface area contributed by atoms with E-state index in [2.05, 4.69) is 209 Å². The van der Waals surface area contributed by atoms with Crippen molar-refractivity contribution in [2.45, 2.75) is 0 Å². The van der Waals surface area contributed by atoms with Gasteiger partial charge in [0.1, 0.15) is 5.65 Å². The van der Waals surface area contributed by atoms with Crippen molar-refractivity contribution in [2.24, 2.45) is 0 Å². The number of hydrogen-bond acceptors (Lipinski definition) is 2. The average Bonchev–Trinajstić information content (AvgIpc) is 3.63. The van der Waals surface area contributed by atoms with Crippen molar-refractivity contribution in [3.05, 3.63) is 200 Å². The number of fused-ring (bicyclic) bond motifs is 8. The van der Waals surface area contributed by atoms with Gasteiger partial charge >= 0.3 is 0 Å². The van der Waals surface area contributed by atoms with Crippen LogP contribution in [0.1, 0.15) is 0 Å². The lowest BCUT2D eigenvalue weighted by molar-refractivity contribution is 1.28. The van der Waals surface area contributed by atoms with Gasteiger partial charge in [-0.25, -0.2) is 4.98 Å². The molecule has 2 aromatic heterocycles. The fourth-order valence-electron chi connectivity index (χ4n) is 7.61. The van der Waals surface area contributed by atoms with Gasteiger partial charge in [-0.15, -0.1) is 0 Å². The van der Waals surface area contributed by atoms with Gasteiger partial charge < -0.3 is 4.90 Å². The molecule has 0 saturated heterocycles. The van der Waals surface area contributed by atoms with E-state index in [1.165, 1.54) is 38.5 Å². The number of aromatic nitrogens is 2. The molecule has 8 aromatic carbocycles. The molecule has 10 rings (SSSR count). The highest BCUT2D eigenvalue weighted by Gasteiger charge is 2.16. The SMILES string of the molecule is c1ccc(-c2ccc(N(c3ccc(-c4ccccc4)cc3)c3ccc(-c4ccc5c6ccccc6n6c7ccccc7nc6c5c4)cc3)cc2)cc1. The Morgan fingerprint density at radius 3 is 1.35 bits per heavy atom. The van der Waals surface area contributed by atoms with E-state index in [4.69, 9.17) is 4.98 Å². The number of imidazole rings is 1. The van der Waals surface area contributed by atoms with E-state index in [1.54, 1.807) is 0 Å². The summed E-state index contributed by atoms with van der Waals surface area (Å²) in [6.45, 7) is 0. The van der Waals surface area contributed by atoms with Crippen LogP contribution in [0.2, 0.25) is 0 Å². The molecule has 0 saturated carbocycles. The molecular weight excluding hydrogens is 631 g/mol. The Balaban J connectivity index is 1.07. The van der Waals surface area contributed by atoms with E-state index in [0.717, 1.165) is 50.3 Å². The fourth-order valence-corrected chi connectivity index (χ4v) is 7.61. The van der Waals surface area contributed by atoms with Crippen molar-refractivity contribution in [1.82, 2.24) is 9.38 Å². The van der Waals surface area contributed by atoms with Crippen LogP contribution in [0.4, 0.5) is 17.1 Å². The number of hydrogen-bond donors (Lipinski definition) is 0. The Labute approximate surface area is 302 Å². The normalized spacial score (nSPS) is 11.5. The molecule has 0 aliphatic carbocycles. The lowest BCUT2D eigenvalue weighted by Gasteiger charge is -2.26. The number of nitrogens with zero attached hydrogens (tertiary/aromatic N) is 3. The molecule has 0 radical (unpaired) electrons. The number of pyridine rings is 1. The summed E-state index contributed by atoms with van der Waals surface area (Å²) in [7, 11) is 0. The van der Waals surface area contributed by atoms with Gasteiger partial charge in [-0.1, -0.05) is 140 Å². The summed E-state index contributed by atoms with van der Waals surface area (Å²) in [6.07, 6.45) is 0. The van der Waals surface area contributed by atoms with Crippen LogP contribution in [0.3, 0.4) is 0 Å². The first kappa shape index (κ1) is 29.9. The van der Waals surface area contributed by atoms with Crippen LogP contribution in [0.15, 0.2) is 200 Å². The third kappa shape index (κ3) is 5.10. The van der Waals surface area contributed by atoms with Crippen molar-refractivity contribution < 1.29 is 0 Å². The van der Waals surface area contributed by atoms with E-state index in [0.29, 0.717) is 0 Å². The number of rotatable bonds is 6. The first-order valence-electron chi connectivity index (χ1n) is 17.7. The topological polar surface area (TPSA) is 20.5 Å². The highest BCUT2D eigenvalue weighted by atomic mass is 15.1. The van der Waals surface area contributed by atoms with E-state index >= 15 is 0 Å². The predicted octanol–water partition coefficient (Wildman–Crippen LogP) is 13.3. The van der Waals surface area contributed by atoms with E-state index < -0.39 is 0 Å². The lowest BCUT2D eigenvalue weighted by Crippen LogP contribution is -2.09. The Kier molecular flexibility index (Phi) is 7.14. The highest BCUT2D eigenvalue weighted by Crippen LogP contribution is 2.39. The molecule has 0 fully saturated rings. The number of para-hydroxylation sites is 3. The van der Waals surface area contributed by atoms with Crippen molar-refractivity contribution in [3.63, 3.8) is 0 Å². The van der Waals surface area contributed by atoms with Gasteiger partial charge in [0.25, 0.3) is 0 Å². The summed E-state index contributed by atoms with van der Waals surface area (Å²) >= 11 is 0. The molecule has 3 nitrogen and oxygen atoms in total. The first-order valence-corrected chi connectivity index (χ1v) is 17.7. The molecule has 0 aliphatic rings. The molecule has 2 heterocycles. The third-order valence-corrected chi connectivity index (χ3v) is 10.2. The summed E-state index contributed by atoms with van der Waals surface area (Å²) in [5.74, 6) is 0. The lowest BCUT2D eigenvalue weighted by atomic mass is 9.99. The van der Waals surface area contributed by atoms with Crippen LogP contribution >= 0.6 is 0 Å².